The van der Waals surface area contributed by atoms with Gasteiger partial charge in [0.1, 0.15) is 17.1 Å². The number of hydrogen-bond acceptors (Lipinski definition) is 10. The van der Waals surface area contributed by atoms with E-state index in [2.05, 4.69) is 15.5 Å². The minimum absolute atomic E-state index is 0.0833. The van der Waals surface area contributed by atoms with Crippen LogP contribution >= 0.6 is 11.8 Å². The van der Waals surface area contributed by atoms with E-state index in [-0.39, 0.29) is 11.7 Å². The number of benzene rings is 3. The summed E-state index contributed by atoms with van der Waals surface area (Å²) in [5.41, 5.74) is 3.16. The molecule has 0 spiro atoms. The van der Waals surface area contributed by atoms with Gasteiger partial charge in [-0.3, -0.25) is 4.79 Å². The molecule has 0 aliphatic carbocycles. The number of methoxy groups -OCH3 is 5. The van der Waals surface area contributed by atoms with E-state index in [1.165, 1.54) is 11.8 Å². The summed E-state index contributed by atoms with van der Waals surface area (Å²) in [7, 11) is 7.85. The lowest BCUT2D eigenvalue weighted by Crippen LogP contribution is -2.14. The van der Waals surface area contributed by atoms with Gasteiger partial charge in [-0.15, -0.1) is 10.2 Å². The van der Waals surface area contributed by atoms with Crippen molar-refractivity contribution in [2.75, 3.05) is 46.6 Å². The zero-order chi connectivity index (χ0) is 27.8. The maximum absolute atomic E-state index is 12.6. The van der Waals surface area contributed by atoms with E-state index in [4.69, 9.17) is 28.7 Å². The molecule has 4 aromatic rings. The fourth-order valence-corrected chi connectivity index (χ4v) is 4.35. The summed E-state index contributed by atoms with van der Waals surface area (Å²) in [5, 5.41) is 12.0. The Hall–Kier alpha value is -4.51. The standard InChI is InChI=1S/C28H28N4O6S/c1-34-20-8-6-7-19(15-20)29-25(33)16-39-28-30-26(17-9-11-21(35-2)23(13-17)37-4)27(31-32-28)18-10-12-22(36-3)24(14-18)38-5/h6-15H,16H2,1-5H3,(H,29,33). The van der Waals surface area contributed by atoms with E-state index >= 15 is 0 Å². The highest BCUT2D eigenvalue weighted by atomic mass is 32.2. The third kappa shape index (κ3) is 6.50. The van der Waals surface area contributed by atoms with E-state index in [0.717, 1.165) is 11.1 Å². The Bertz CT molecular complexity index is 1470. The zero-order valence-electron chi connectivity index (χ0n) is 22.2. The van der Waals surface area contributed by atoms with Gasteiger partial charge in [0.25, 0.3) is 0 Å². The Morgan fingerprint density at radius 2 is 1.33 bits per heavy atom. The molecule has 3 aromatic carbocycles. The number of amides is 1. The lowest BCUT2D eigenvalue weighted by molar-refractivity contribution is -0.113. The molecule has 0 bridgehead atoms. The molecule has 0 unspecified atom stereocenters. The van der Waals surface area contributed by atoms with Crippen LogP contribution in [0.15, 0.2) is 65.8 Å². The average Bonchev–Trinajstić information content (AvgIpc) is 2.99. The summed E-state index contributed by atoms with van der Waals surface area (Å²) in [5.74, 6) is 2.78. The summed E-state index contributed by atoms with van der Waals surface area (Å²) in [6.45, 7) is 0. The lowest BCUT2D eigenvalue weighted by atomic mass is 10.0. The molecule has 0 aliphatic heterocycles. The van der Waals surface area contributed by atoms with Gasteiger partial charge in [0.2, 0.25) is 11.1 Å². The Morgan fingerprint density at radius 1 is 0.718 bits per heavy atom. The number of ether oxygens (including phenoxy) is 5. The normalized spacial score (nSPS) is 10.5. The molecule has 0 aliphatic rings. The molecule has 11 heteroatoms. The van der Waals surface area contributed by atoms with Crippen molar-refractivity contribution in [3.63, 3.8) is 0 Å². The molecular weight excluding hydrogens is 520 g/mol. The molecule has 0 radical (unpaired) electrons. The van der Waals surface area contributed by atoms with Crippen LogP contribution in [0.4, 0.5) is 5.69 Å². The van der Waals surface area contributed by atoms with Gasteiger partial charge in [-0.2, -0.15) is 0 Å². The predicted molar refractivity (Wildman–Crippen MR) is 149 cm³/mol. The van der Waals surface area contributed by atoms with Crippen LogP contribution < -0.4 is 29.0 Å². The van der Waals surface area contributed by atoms with Crippen LogP contribution in [0.2, 0.25) is 0 Å². The number of carbonyl (C=O) groups excluding carboxylic acids is 1. The molecule has 1 aromatic heterocycles. The number of anilines is 1. The molecule has 0 fully saturated rings. The maximum atomic E-state index is 12.6. The third-order valence-corrected chi connectivity index (χ3v) is 6.50. The zero-order valence-corrected chi connectivity index (χ0v) is 23.0. The van der Waals surface area contributed by atoms with Crippen LogP contribution in [-0.4, -0.2) is 62.4 Å². The molecule has 202 valence electrons. The van der Waals surface area contributed by atoms with E-state index in [0.29, 0.717) is 51.0 Å². The third-order valence-electron chi connectivity index (χ3n) is 5.67. The van der Waals surface area contributed by atoms with E-state index in [1.54, 1.807) is 71.9 Å². The second kappa shape index (κ2) is 12.8. The van der Waals surface area contributed by atoms with Gasteiger partial charge in [-0.05, 0) is 48.5 Å². The van der Waals surface area contributed by atoms with Gasteiger partial charge in [-0.25, -0.2) is 4.98 Å². The first-order valence-electron chi connectivity index (χ1n) is 11.8. The van der Waals surface area contributed by atoms with Crippen molar-refractivity contribution in [2.45, 2.75) is 5.16 Å². The average molecular weight is 549 g/mol. The van der Waals surface area contributed by atoms with Crippen molar-refractivity contribution in [1.29, 1.82) is 0 Å². The first-order chi connectivity index (χ1) is 19.0. The summed E-state index contributed by atoms with van der Waals surface area (Å²) in [6.07, 6.45) is 0. The highest BCUT2D eigenvalue weighted by Crippen LogP contribution is 2.38. The number of thioether (sulfide) groups is 1. The molecule has 39 heavy (non-hydrogen) atoms. The van der Waals surface area contributed by atoms with Gasteiger partial charge in [0, 0.05) is 22.9 Å². The van der Waals surface area contributed by atoms with Crippen LogP contribution in [0, 0.1) is 0 Å². The Morgan fingerprint density at radius 3 is 1.92 bits per heavy atom. The summed E-state index contributed by atoms with van der Waals surface area (Å²) in [6, 6.07) is 18.1. The Kier molecular flexibility index (Phi) is 9.06. The van der Waals surface area contributed by atoms with Crippen LogP contribution in [0.25, 0.3) is 22.5 Å². The van der Waals surface area contributed by atoms with Crippen LogP contribution in [0.5, 0.6) is 28.7 Å². The van der Waals surface area contributed by atoms with Crippen LogP contribution in [0.1, 0.15) is 0 Å². The van der Waals surface area contributed by atoms with Gasteiger partial charge in [-0.1, -0.05) is 17.8 Å². The number of aromatic nitrogens is 3. The molecule has 1 heterocycles. The van der Waals surface area contributed by atoms with E-state index in [1.807, 2.05) is 24.3 Å². The van der Waals surface area contributed by atoms with Crippen molar-refractivity contribution < 1.29 is 28.5 Å². The second-order valence-corrected chi connectivity index (χ2v) is 8.94. The molecule has 1 amide bonds. The highest BCUT2D eigenvalue weighted by Gasteiger charge is 2.18. The molecule has 0 saturated heterocycles. The summed E-state index contributed by atoms with van der Waals surface area (Å²) in [4.78, 5) is 17.4. The largest absolute Gasteiger partial charge is 0.497 e. The summed E-state index contributed by atoms with van der Waals surface area (Å²) >= 11 is 1.17. The van der Waals surface area contributed by atoms with Crippen molar-refractivity contribution in [2.24, 2.45) is 0 Å². The van der Waals surface area contributed by atoms with Gasteiger partial charge >= 0.3 is 0 Å². The monoisotopic (exact) mass is 548 g/mol. The van der Waals surface area contributed by atoms with Crippen LogP contribution in [0.3, 0.4) is 0 Å². The van der Waals surface area contributed by atoms with Crippen LogP contribution in [-0.2, 0) is 4.79 Å². The molecular formula is C28H28N4O6S. The maximum Gasteiger partial charge on any atom is 0.234 e. The van der Waals surface area contributed by atoms with Crippen molar-refractivity contribution >= 4 is 23.4 Å². The van der Waals surface area contributed by atoms with Gasteiger partial charge < -0.3 is 29.0 Å². The fraction of sp³-hybridized carbons (Fsp3) is 0.214. The number of nitrogens with one attached hydrogen (secondary N) is 1. The SMILES string of the molecule is COc1cccc(NC(=O)CSc2nnc(-c3ccc(OC)c(OC)c3)c(-c3ccc(OC)c(OC)c3)n2)c1. The first kappa shape index (κ1) is 27.5. The smallest absolute Gasteiger partial charge is 0.234 e. The molecule has 10 nitrogen and oxygen atoms in total. The van der Waals surface area contributed by atoms with E-state index in [9.17, 15) is 4.79 Å². The molecule has 0 saturated carbocycles. The molecule has 1 N–H and O–H groups in total. The number of carbonyl (C=O) groups is 1. The Balaban J connectivity index is 1.67. The topological polar surface area (TPSA) is 114 Å². The quantitative estimate of drug-likeness (QED) is 0.257. The Labute approximate surface area is 230 Å². The molecule has 0 atom stereocenters. The first-order valence-corrected chi connectivity index (χ1v) is 12.7. The van der Waals surface area contributed by atoms with E-state index < -0.39 is 0 Å². The number of rotatable bonds is 11. The minimum atomic E-state index is -0.214. The lowest BCUT2D eigenvalue weighted by Gasteiger charge is -2.14. The number of hydrogen-bond donors (Lipinski definition) is 1. The highest BCUT2D eigenvalue weighted by molar-refractivity contribution is 7.99. The van der Waals surface area contributed by atoms with Gasteiger partial charge in [0.05, 0.1) is 41.3 Å². The van der Waals surface area contributed by atoms with Crippen molar-refractivity contribution in [3.8, 4) is 51.3 Å². The predicted octanol–water partition coefficient (Wildman–Crippen LogP) is 4.98. The van der Waals surface area contributed by atoms with Gasteiger partial charge in [0.15, 0.2) is 23.0 Å². The van der Waals surface area contributed by atoms with Crippen molar-refractivity contribution in [3.05, 3.63) is 60.7 Å². The number of nitrogens with zero attached hydrogens (tertiary/aromatic N) is 3. The van der Waals surface area contributed by atoms with Crippen molar-refractivity contribution in [1.82, 2.24) is 15.2 Å². The molecule has 4 rings (SSSR count). The second-order valence-electron chi connectivity index (χ2n) is 8.00. The minimum Gasteiger partial charge on any atom is -0.497 e. The fourth-order valence-electron chi connectivity index (χ4n) is 3.76. The summed E-state index contributed by atoms with van der Waals surface area (Å²) < 4.78 is 26.9.